The molecule has 218 valence electrons. The van der Waals surface area contributed by atoms with Crippen molar-refractivity contribution in [2.45, 2.75) is 128 Å². The average Bonchev–Trinajstić information content (AvgIpc) is 2.79. The molecular weight excluding hydrogens is 520 g/mol. The maximum absolute atomic E-state index is 12.9. The molecule has 0 aromatic carbocycles. The Hall–Kier alpha value is -0.986. The summed E-state index contributed by atoms with van der Waals surface area (Å²) in [5.74, 6) is -0.277. The van der Waals surface area contributed by atoms with E-state index in [2.05, 4.69) is 67.7 Å². The van der Waals surface area contributed by atoms with Crippen molar-refractivity contribution in [2.75, 3.05) is 14.2 Å². The van der Waals surface area contributed by atoms with E-state index in [0.29, 0.717) is 0 Å². The van der Waals surface area contributed by atoms with E-state index >= 15 is 0 Å². The van der Waals surface area contributed by atoms with Gasteiger partial charge >= 0.3 is 0 Å². The van der Waals surface area contributed by atoms with Gasteiger partial charge < -0.3 is 27.8 Å². The smallest absolute Gasteiger partial charge is 0.192 e. The third-order valence-corrected chi connectivity index (χ3v) is 17.4. The molecule has 0 aromatic rings. The summed E-state index contributed by atoms with van der Waals surface area (Å²) in [6.45, 7) is 21.8. The summed E-state index contributed by atoms with van der Waals surface area (Å²) >= 11 is 0. The van der Waals surface area contributed by atoms with E-state index in [-0.39, 0.29) is 34.5 Å². The fourth-order valence-corrected chi connectivity index (χ4v) is 6.52. The molecule has 0 aromatic heterocycles. The molecule has 0 N–H and O–H groups in total. The van der Waals surface area contributed by atoms with Crippen molar-refractivity contribution in [3.05, 3.63) is 24.3 Å². The molecule has 2 aliphatic heterocycles. The van der Waals surface area contributed by atoms with E-state index in [1.807, 2.05) is 0 Å². The Bertz CT molecular complexity index is 812. The first-order valence-corrected chi connectivity index (χ1v) is 19.3. The van der Waals surface area contributed by atoms with Gasteiger partial charge in [0, 0.05) is 27.1 Å². The molecule has 0 saturated carbocycles. The molecule has 0 saturated heterocycles. The first kappa shape index (κ1) is 33.2. The largest absolute Gasteiger partial charge is 0.411 e. The fourth-order valence-electron chi connectivity index (χ4n) is 3.81. The van der Waals surface area contributed by atoms with Crippen LogP contribution in [0.2, 0.25) is 36.3 Å². The maximum atomic E-state index is 12.9. The van der Waals surface area contributed by atoms with Crippen molar-refractivity contribution in [1.82, 2.24) is 0 Å². The van der Waals surface area contributed by atoms with Gasteiger partial charge in [0.15, 0.2) is 40.8 Å². The van der Waals surface area contributed by atoms with Crippen LogP contribution in [0, 0.1) is 0 Å². The number of carbonyl (C=O) groups excluding carboxylic acids is 2. The highest BCUT2D eigenvalue weighted by molar-refractivity contribution is 6.74. The van der Waals surface area contributed by atoms with Crippen LogP contribution in [0.3, 0.4) is 0 Å². The standard InChI is InChI=1S/C28H50O8Si2/c1-27(2,3)37(9,10)35-23(17-21-19(29)13-15-25(31-7)33-21)24(36-38(11,12)28(4,5)6)18-22-20(30)14-16-26(32-8)34-22/h13-16,21-26H,17-18H2,1-12H3/t21-,22-,23-,24-,25+,26+/m1/s1. The highest BCUT2D eigenvalue weighted by atomic mass is 28.4. The molecule has 0 spiro atoms. The molecule has 10 heteroatoms. The van der Waals surface area contributed by atoms with Crippen molar-refractivity contribution in [1.29, 1.82) is 0 Å². The SMILES string of the molecule is CO[C@@H]1C=CC(=O)[C@@H](C[C@@H](O[Si](C)(C)C(C)(C)C)[C@@H](C[C@H]2O[C@H](OC)C=CC2=O)O[Si](C)(C)C(C)(C)C)O1. The van der Waals surface area contributed by atoms with Gasteiger partial charge in [-0.05, 0) is 60.6 Å². The monoisotopic (exact) mass is 570 g/mol. The van der Waals surface area contributed by atoms with E-state index in [9.17, 15) is 9.59 Å². The summed E-state index contributed by atoms with van der Waals surface area (Å²) in [5, 5.41) is -0.166. The van der Waals surface area contributed by atoms with Crippen LogP contribution in [0.4, 0.5) is 0 Å². The highest BCUT2D eigenvalue weighted by Crippen LogP contribution is 2.42. The number of hydrogen-bond donors (Lipinski definition) is 0. The van der Waals surface area contributed by atoms with Gasteiger partial charge in [-0.25, -0.2) is 0 Å². The van der Waals surface area contributed by atoms with Crippen LogP contribution in [0.25, 0.3) is 0 Å². The van der Waals surface area contributed by atoms with Gasteiger partial charge in [-0.15, -0.1) is 0 Å². The van der Waals surface area contributed by atoms with Crippen molar-refractivity contribution in [3.8, 4) is 0 Å². The first-order chi connectivity index (χ1) is 17.3. The van der Waals surface area contributed by atoms with Crippen LogP contribution in [-0.2, 0) is 37.4 Å². The zero-order chi connectivity index (χ0) is 29.1. The average molecular weight is 571 g/mol. The van der Waals surface area contributed by atoms with E-state index in [0.717, 1.165) is 0 Å². The number of methoxy groups -OCH3 is 2. The van der Waals surface area contributed by atoms with Gasteiger partial charge in [-0.3, -0.25) is 9.59 Å². The van der Waals surface area contributed by atoms with Crippen LogP contribution >= 0.6 is 0 Å². The normalized spacial score (nSPS) is 27.1. The van der Waals surface area contributed by atoms with Crippen LogP contribution in [0.15, 0.2) is 24.3 Å². The quantitative estimate of drug-likeness (QED) is 0.299. The van der Waals surface area contributed by atoms with Crippen molar-refractivity contribution in [2.24, 2.45) is 0 Å². The molecule has 38 heavy (non-hydrogen) atoms. The Morgan fingerprint density at radius 1 is 0.711 bits per heavy atom. The predicted octanol–water partition coefficient (Wildman–Crippen LogP) is 5.54. The third-order valence-electron chi connectivity index (χ3n) is 8.34. The Morgan fingerprint density at radius 3 is 1.29 bits per heavy atom. The lowest BCUT2D eigenvalue weighted by molar-refractivity contribution is -0.167. The van der Waals surface area contributed by atoms with Crippen LogP contribution in [0.5, 0.6) is 0 Å². The first-order valence-electron chi connectivity index (χ1n) is 13.5. The summed E-state index contributed by atoms with van der Waals surface area (Å²) in [6.07, 6.45) is 3.06. The number of carbonyl (C=O) groups is 2. The zero-order valence-corrected chi connectivity index (χ0v) is 27.5. The topological polar surface area (TPSA) is 89.5 Å². The zero-order valence-electron chi connectivity index (χ0n) is 25.5. The molecule has 2 aliphatic rings. The molecule has 0 aliphatic carbocycles. The number of rotatable bonds is 11. The summed E-state index contributed by atoms with van der Waals surface area (Å²) in [6, 6.07) is 0. The number of ketones is 2. The van der Waals surface area contributed by atoms with Crippen LogP contribution < -0.4 is 0 Å². The lowest BCUT2D eigenvalue weighted by Gasteiger charge is -2.46. The minimum Gasteiger partial charge on any atom is -0.411 e. The summed E-state index contributed by atoms with van der Waals surface area (Å²) in [4.78, 5) is 25.8. The Morgan fingerprint density at radius 2 is 1.03 bits per heavy atom. The minimum atomic E-state index is -2.33. The molecule has 8 nitrogen and oxygen atoms in total. The second-order valence-electron chi connectivity index (χ2n) is 13.3. The number of ether oxygens (including phenoxy) is 4. The Balaban J connectivity index is 2.52. The summed E-state index contributed by atoms with van der Waals surface area (Å²) < 4.78 is 36.6. The van der Waals surface area contributed by atoms with Gasteiger partial charge in [-0.1, -0.05) is 41.5 Å². The molecule has 0 unspecified atom stereocenters. The molecule has 2 heterocycles. The summed E-state index contributed by atoms with van der Waals surface area (Å²) in [7, 11) is -1.58. The van der Waals surface area contributed by atoms with Crippen molar-refractivity contribution < 1.29 is 37.4 Å². The predicted molar refractivity (Wildman–Crippen MR) is 153 cm³/mol. The third kappa shape index (κ3) is 8.51. The van der Waals surface area contributed by atoms with E-state index in [4.69, 9.17) is 27.8 Å². The Labute approximate surface area is 231 Å². The second kappa shape index (κ2) is 12.7. The fraction of sp³-hybridized carbons (Fsp3) is 0.786. The molecule has 6 atom stereocenters. The van der Waals surface area contributed by atoms with E-state index in [1.165, 1.54) is 12.2 Å². The van der Waals surface area contributed by atoms with Gasteiger partial charge in [0.1, 0.15) is 12.2 Å². The van der Waals surface area contributed by atoms with Crippen LogP contribution in [-0.4, -0.2) is 79.4 Å². The lowest BCUT2D eigenvalue weighted by Crippen LogP contribution is -2.54. The van der Waals surface area contributed by atoms with Crippen LogP contribution in [0.1, 0.15) is 54.4 Å². The molecule has 0 amide bonds. The number of hydrogen-bond acceptors (Lipinski definition) is 8. The van der Waals surface area contributed by atoms with E-state index < -0.39 is 53.6 Å². The van der Waals surface area contributed by atoms with Gasteiger partial charge in [0.05, 0.1) is 12.2 Å². The molecule has 0 fully saturated rings. The second-order valence-corrected chi connectivity index (χ2v) is 22.8. The van der Waals surface area contributed by atoms with Crippen molar-refractivity contribution >= 4 is 28.2 Å². The van der Waals surface area contributed by atoms with Gasteiger partial charge in [-0.2, -0.15) is 0 Å². The lowest BCUT2D eigenvalue weighted by atomic mass is 9.96. The molecule has 0 radical (unpaired) electrons. The summed E-state index contributed by atoms with van der Waals surface area (Å²) in [5.41, 5.74) is 0. The van der Waals surface area contributed by atoms with Gasteiger partial charge in [0.25, 0.3) is 0 Å². The molecule has 0 bridgehead atoms. The Kier molecular flexibility index (Phi) is 11.1. The maximum Gasteiger partial charge on any atom is 0.192 e. The highest BCUT2D eigenvalue weighted by Gasteiger charge is 2.47. The molecule has 2 rings (SSSR count). The van der Waals surface area contributed by atoms with E-state index in [1.54, 1.807) is 26.4 Å². The van der Waals surface area contributed by atoms with Gasteiger partial charge in [0.2, 0.25) is 0 Å². The van der Waals surface area contributed by atoms with Crippen molar-refractivity contribution in [3.63, 3.8) is 0 Å². The minimum absolute atomic E-state index is 0.0831. The molecular formula is C28H50O8Si2.